The van der Waals surface area contributed by atoms with Gasteiger partial charge in [-0.1, -0.05) is 18.7 Å². The largest absolute Gasteiger partial charge is 0.431 e. The summed E-state index contributed by atoms with van der Waals surface area (Å²) in [5, 5.41) is 0. The van der Waals surface area contributed by atoms with E-state index in [1.165, 1.54) is 0 Å². The van der Waals surface area contributed by atoms with Gasteiger partial charge in [0.1, 0.15) is 5.76 Å². The molecule has 0 aromatic rings. The topological polar surface area (TPSA) is 26.3 Å². The average molecular weight is 162 g/mol. The SMILES string of the molecule is C=C1OC(=O)[C@@H]2C3C=CC(C3)[C@H]12. The number of rotatable bonds is 0. The molecular formula is C10H10O2. The lowest BCUT2D eigenvalue weighted by Gasteiger charge is -2.14. The van der Waals surface area contributed by atoms with E-state index < -0.39 is 0 Å². The number of esters is 1. The molecule has 2 aliphatic carbocycles. The zero-order valence-electron chi connectivity index (χ0n) is 6.69. The first-order chi connectivity index (χ1) is 5.77. The Kier molecular flexibility index (Phi) is 0.978. The number of fused-ring (bicyclic) bond motifs is 5. The maximum Gasteiger partial charge on any atom is 0.315 e. The van der Waals surface area contributed by atoms with Crippen LogP contribution in [0.1, 0.15) is 6.42 Å². The van der Waals surface area contributed by atoms with Crippen molar-refractivity contribution in [3.8, 4) is 0 Å². The number of cyclic esters (lactones) is 1. The van der Waals surface area contributed by atoms with Crippen molar-refractivity contribution < 1.29 is 9.53 Å². The van der Waals surface area contributed by atoms with E-state index in [2.05, 4.69) is 18.7 Å². The van der Waals surface area contributed by atoms with E-state index in [1.807, 2.05) is 0 Å². The standard InChI is InChI=1S/C10H10O2/c1-5-8-6-2-3-7(4-6)9(8)10(11)12-5/h2-3,6-9H,1,4H2/t6?,7?,8-,9+/m0/s1. The van der Waals surface area contributed by atoms with Gasteiger partial charge in [0, 0.05) is 5.92 Å². The first-order valence-corrected chi connectivity index (χ1v) is 4.36. The second-order valence-corrected chi connectivity index (χ2v) is 3.89. The van der Waals surface area contributed by atoms with Gasteiger partial charge in [-0.05, 0) is 18.3 Å². The van der Waals surface area contributed by atoms with Crippen LogP contribution in [-0.2, 0) is 9.53 Å². The van der Waals surface area contributed by atoms with E-state index in [-0.39, 0.29) is 11.9 Å². The van der Waals surface area contributed by atoms with E-state index in [0.29, 0.717) is 23.5 Å². The quantitative estimate of drug-likeness (QED) is 0.398. The summed E-state index contributed by atoms with van der Waals surface area (Å²) >= 11 is 0. The summed E-state index contributed by atoms with van der Waals surface area (Å²) in [6.45, 7) is 3.79. The monoisotopic (exact) mass is 162 g/mol. The van der Waals surface area contributed by atoms with Gasteiger partial charge in [-0.15, -0.1) is 0 Å². The fourth-order valence-corrected chi connectivity index (χ4v) is 2.85. The van der Waals surface area contributed by atoms with Crippen molar-refractivity contribution in [3.63, 3.8) is 0 Å². The summed E-state index contributed by atoms with van der Waals surface area (Å²) in [7, 11) is 0. The molecule has 1 saturated carbocycles. The molecule has 2 bridgehead atoms. The summed E-state index contributed by atoms with van der Waals surface area (Å²) < 4.78 is 5.04. The van der Waals surface area contributed by atoms with Crippen LogP contribution in [0.5, 0.6) is 0 Å². The fourth-order valence-electron chi connectivity index (χ4n) is 2.85. The molecule has 2 nitrogen and oxygen atoms in total. The Morgan fingerprint density at radius 2 is 2.00 bits per heavy atom. The zero-order valence-corrected chi connectivity index (χ0v) is 6.69. The van der Waals surface area contributed by atoms with Crippen molar-refractivity contribution in [2.45, 2.75) is 6.42 Å². The maximum absolute atomic E-state index is 11.3. The summed E-state index contributed by atoms with van der Waals surface area (Å²) in [5.74, 6) is 2.01. The fraction of sp³-hybridized carbons (Fsp3) is 0.500. The Hall–Kier alpha value is -1.05. The van der Waals surface area contributed by atoms with Crippen LogP contribution in [0.2, 0.25) is 0 Å². The van der Waals surface area contributed by atoms with Gasteiger partial charge < -0.3 is 4.74 Å². The van der Waals surface area contributed by atoms with Gasteiger partial charge in [0.2, 0.25) is 0 Å². The minimum absolute atomic E-state index is 0.0538. The van der Waals surface area contributed by atoms with E-state index in [9.17, 15) is 4.79 Å². The summed E-state index contributed by atoms with van der Waals surface area (Å²) in [5.41, 5.74) is 0. The molecule has 2 heteroatoms. The van der Waals surface area contributed by atoms with Crippen molar-refractivity contribution in [1.82, 2.24) is 0 Å². The molecule has 0 N–H and O–H groups in total. The highest BCUT2D eigenvalue weighted by atomic mass is 16.5. The molecule has 12 heavy (non-hydrogen) atoms. The number of carbonyl (C=O) groups excluding carboxylic acids is 1. The van der Waals surface area contributed by atoms with Gasteiger partial charge in [0.15, 0.2) is 0 Å². The van der Waals surface area contributed by atoms with Crippen LogP contribution in [-0.4, -0.2) is 5.97 Å². The molecule has 1 heterocycles. The van der Waals surface area contributed by atoms with Gasteiger partial charge in [-0.2, -0.15) is 0 Å². The van der Waals surface area contributed by atoms with Gasteiger partial charge in [0.05, 0.1) is 5.92 Å². The first-order valence-electron chi connectivity index (χ1n) is 4.36. The highest BCUT2D eigenvalue weighted by molar-refractivity contribution is 5.79. The highest BCUT2D eigenvalue weighted by Gasteiger charge is 2.54. The molecule has 2 fully saturated rings. The van der Waals surface area contributed by atoms with Crippen molar-refractivity contribution in [3.05, 3.63) is 24.5 Å². The molecule has 4 atom stereocenters. The van der Waals surface area contributed by atoms with Crippen molar-refractivity contribution >= 4 is 5.97 Å². The second-order valence-electron chi connectivity index (χ2n) is 3.89. The Balaban J connectivity index is 2.08. The third kappa shape index (κ3) is 0.554. The predicted octanol–water partition coefficient (Wildman–Crippen LogP) is 1.50. The normalized spacial score (nSPS) is 48.3. The third-order valence-corrected chi connectivity index (χ3v) is 3.33. The molecule has 1 aliphatic heterocycles. The van der Waals surface area contributed by atoms with Crippen molar-refractivity contribution in [2.75, 3.05) is 0 Å². The molecule has 0 aromatic heterocycles. The molecule has 0 spiro atoms. The average Bonchev–Trinajstić information content (AvgIpc) is 2.64. The molecule has 0 amide bonds. The molecule has 62 valence electrons. The van der Waals surface area contributed by atoms with Crippen LogP contribution in [0.25, 0.3) is 0 Å². The first kappa shape index (κ1) is 6.46. The summed E-state index contributed by atoms with van der Waals surface area (Å²) in [4.78, 5) is 11.3. The Labute approximate surface area is 70.9 Å². The molecule has 3 rings (SSSR count). The van der Waals surface area contributed by atoms with Crippen LogP contribution in [0.4, 0.5) is 0 Å². The number of hydrogen-bond donors (Lipinski definition) is 0. The maximum atomic E-state index is 11.3. The van der Waals surface area contributed by atoms with Crippen LogP contribution in [0, 0.1) is 23.7 Å². The van der Waals surface area contributed by atoms with Gasteiger partial charge in [-0.3, -0.25) is 4.79 Å². The minimum atomic E-state index is -0.0538. The number of hydrogen-bond acceptors (Lipinski definition) is 2. The third-order valence-electron chi connectivity index (χ3n) is 3.33. The van der Waals surface area contributed by atoms with E-state index in [4.69, 9.17) is 4.74 Å². The second kappa shape index (κ2) is 1.82. The number of allylic oxidation sites excluding steroid dienone is 3. The van der Waals surface area contributed by atoms with E-state index >= 15 is 0 Å². The summed E-state index contributed by atoms with van der Waals surface area (Å²) in [6.07, 6.45) is 5.49. The molecule has 1 saturated heterocycles. The van der Waals surface area contributed by atoms with Gasteiger partial charge in [0.25, 0.3) is 0 Å². The minimum Gasteiger partial charge on any atom is -0.431 e. The van der Waals surface area contributed by atoms with Crippen LogP contribution in [0.3, 0.4) is 0 Å². The predicted molar refractivity (Wildman–Crippen MR) is 42.9 cm³/mol. The lowest BCUT2D eigenvalue weighted by molar-refractivity contribution is -0.139. The van der Waals surface area contributed by atoms with Crippen LogP contribution < -0.4 is 0 Å². The van der Waals surface area contributed by atoms with Gasteiger partial charge in [-0.25, -0.2) is 0 Å². The lowest BCUT2D eigenvalue weighted by atomic mass is 9.84. The Bertz CT molecular complexity index is 275. The molecular weight excluding hydrogens is 152 g/mol. The molecule has 0 radical (unpaired) electrons. The molecule has 0 aromatic carbocycles. The molecule has 2 unspecified atom stereocenters. The van der Waals surface area contributed by atoms with Crippen molar-refractivity contribution in [1.29, 1.82) is 0 Å². The number of ether oxygens (including phenoxy) is 1. The van der Waals surface area contributed by atoms with E-state index in [0.717, 1.165) is 6.42 Å². The zero-order chi connectivity index (χ0) is 8.29. The number of carbonyl (C=O) groups is 1. The van der Waals surface area contributed by atoms with E-state index in [1.54, 1.807) is 0 Å². The molecule has 3 aliphatic rings. The Morgan fingerprint density at radius 3 is 2.67 bits per heavy atom. The van der Waals surface area contributed by atoms with Crippen molar-refractivity contribution in [2.24, 2.45) is 23.7 Å². The summed E-state index contributed by atoms with van der Waals surface area (Å²) in [6, 6.07) is 0. The highest BCUT2D eigenvalue weighted by Crippen LogP contribution is 2.54. The Morgan fingerprint density at radius 1 is 1.33 bits per heavy atom. The van der Waals surface area contributed by atoms with Crippen LogP contribution >= 0.6 is 0 Å². The van der Waals surface area contributed by atoms with Crippen LogP contribution in [0.15, 0.2) is 24.5 Å². The lowest BCUT2D eigenvalue weighted by Crippen LogP contribution is -2.19. The smallest absolute Gasteiger partial charge is 0.315 e. The van der Waals surface area contributed by atoms with Gasteiger partial charge >= 0.3 is 5.97 Å².